The van der Waals surface area contributed by atoms with Gasteiger partial charge < -0.3 is 14.6 Å². The molecule has 1 N–H and O–H groups in total. The average molecular weight is 240 g/mol. The summed E-state index contributed by atoms with van der Waals surface area (Å²) in [5.74, 6) is -0.935. The molecule has 0 aliphatic carbocycles. The van der Waals surface area contributed by atoms with Crippen LogP contribution < -0.4 is 0 Å². The highest BCUT2D eigenvalue weighted by atomic mass is 32.1. The molecule has 0 atom stereocenters. The van der Waals surface area contributed by atoms with Crippen LogP contribution in [0.4, 0.5) is 0 Å². The molecule has 2 rings (SSSR count). The Morgan fingerprint density at radius 1 is 1.69 bits per heavy atom. The van der Waals surface area contributed by atoms with Crippen molar-refractivity contribution in [3.63, 3.8) is 0 Å². The van der Waals surface area contributed by atoms with Gasteiger partial charge in [0.2, 0.25) is 0 Å². The van der Waals surface area contributed by atoms with Gasteiger partial charge in [0.1, 0.15) is 6.10 Å². The summed E-state index contributed by atoms with van der Waals surface area (Å²) in [6.07, 6.45) is 2.93. The molecule has 1 aliphatic rings. The van der Waals surface area contributed by atoms with E-state index in [0.717, 1.165) is 16.5 Å². The minimum Gasteiger partial charge on any atom is -0.478 e. The quantitative estimate of drug-likeness (QED) is 0.797. The number of aliphatic carboxylic acids is 1. The Kier molecular flexibility index (Phi) is 3.71. The summed E-state index contributed by atoms with van der Waals surface area (Å²) >= 11 is 1.57. The van der Waals surface area contributed by atoms with E-state index in [-0.39, 0.29) is 6.10 Å². The highest BCUT2D eigenvalue weighted by molar-refractivity contribution is 7.10. The first-order valence-electron chi connectivity index (χ1n) is 4.92. The van der Waals surface area contributed by atoms with Crippen LogP contribution in [0.2, 0.25) is 0 Å². The highest BCUT2D eigenvalue weighted by Crippen LogP contribution is 2.18. The van der Waals surface area contributed by atoms with Gasteiger partial charge in [0, 0.05) is 11.0 Å². The fourth-order valence-electron chi connectivity index (χ4n) is 1.24. The van der Waals surface area contributed by atoms with Crippen LogP contribution in [0.5, 0.6) is 0 Å². The second-order valence-corrected chi connectivity index (χ2v) is 4.48. The van der Waals surface area contributed by atoms with Crippen LogP contribution >= 0.6 is 11.3 Å². The summed E-state index contributed by atoms with van der Waals surface area (Å²) < 4.78 is 10.5. The summed E-state index contributed by atoms with van der Waals surface area (Å²) in [5, 5.41) is 10.4. The highest BCUT2D eigenvalue weighted by Gasteiger charge is 2.18. The molecule has 16 heavy (non-hydrogen) atoms. The predicted octanol–water partition coefficient (Wildman–Crippen LogP) is 1.76. The van der Waals surface area contributed by atoms with E-state index < -0.39 is 5.97 Å². The molecule has 0 unspecified atom stereocenters. The molecule has 86 valence electrons. The number of carboxylic acid groups (broad SMARTS) is 1. The van der Waals surface area contributed by atoms with Gasteiger partial charge in [0.15, 0.2) is 0 Å². The van der Waals surface area contributed by atoms with Gasteiger partial charge in [0.05, 0.1) is 19.8 Å². The van der Waals surface area contributed by atoms with E-state index >= 15 is 0 Å². The number of thiophene rings is 1. The lowest BCUT2D eigenvalue weighted by molar-refractivity contribution is -0.134. The fourth-order valence-corrected chi connectivity index (χ4v) is 2.01. The lowest BCUT2D eigenvalue weighted by Crippen LogP contribution is -2.35. The maximum atomic E-state index is 10.3. The van der Waals surface area contributed by atoms with E-state index in [0.29, 0.717) is 19.8 Å². The number of hydrogen-bond donors (Lipinski definition) is 1. The van der Waals surface area contributed by atoms with Crippen LogP contribution in [0.1, 0.15) is 10.4 Å². The van der Waals surface area contributed by atoms with E-state index in [2.05, 4.69) is 0 Å². The number of hydrogen-bond acceptors (Lipinski definition) is 4. The average Bonchev–Trinajstić information content (AvgIpc) is 2.60. The molecule has 1 saturated heterocycles. The normalized spacial score (nSPS) is 16.5. The Bertz CT molecular complexity index is 392. The third-order valence-electron chi connectivity index (χ3n) is 2.16. The lowest BCUT2D eigenvalue weighted by Gasteiger charge is -2.25. The molecule has 1 aromatic heterocycles. The minimum absolute atomic E-state index is 0.222. The smallest absolute Gasteiger partial charge is 0.328 e. The van der Waals surface area contributed by atoms with E-state index in [4.69, 9.17) is 14.6 Å². The van der Waals surface area contributed by atoms with Crippen LogP contribution in [-0.4, -0.2) is 30.4 Å². The van der Waals surface area contributed by atoms with E-state index in [1.807, 2.05) is 11.4 Å². The summed E-state index contributed by atoms with van der Waals surface area (Å²) in [6.45, 7) is 1.92. The van der Waals surface area contributed by atoms with Crippen molar-refractivity contribution in [2.45, 2.75) is 12.7 Å². The van der Waals surface area contributed by atoms with Crippen molar-refractivity contribution >= 4 is 23.4 Å². The van der Waals surface area contributed by atoms with Gasteiger partial charge in [-0.05, 0) is 23.1 Å². The fraction of sp³-hybridized carbons (Fsp3) is 0.364. The van der Waals surface area contributed by atoms with Crippen LogP contribution in [0, 0.1) is 0 Å². The number of ether oxygens (including phenoxy) is 2. The Morgan fingerprint density at radius 3 is 3.12 bits per heavy atom. The largest absolute Gasteiger partial charge is 0.478 e. The second-order valence-electron chi connectivity index (χ2n) is 3.49. The van der Waals surface area contributed by atoms with Crippen LogP contribution in [0.3, 0.4) is 0 Å². The maximum absolute atomic E-state index is 10.3. The van der Waals surface area contributed by atoms with Crippen molar-refractivity contribution in [2.75, 3.05) is 13.2 Å². The van der Waals surface area contributed by atoms with Gasteiger partial charge >= 0.3 is 5.97 Å². The zero-order chi connectivity index (χ0) is 11.4. The molecule has 1 aromatic rings. The molecule has 0 spiro atoms. The molecule has 4 nitrogen and oxygen atoms in total. The van der Waals surface area contributed by atoms with Gasteiger partial charge in [-0.3, -0.25) is 0 Å². The van der Waals surface area contributed by atoms with Gasteiger partial charge in [-0.25, -0.2) is 4.79 Å². The molecule has 0 radical (unpaired) electrons. The SMILES string of the molecule is O=C(O)/C=C/c1csc(COC2COC2)c1. The zero-order valence-electron chi connectivity index (χ0n) is 8.59. The van der Waals surface area contributed by atoms with Crippen molar-refractivity contribution in [3.8, 4) is 0 Å². The molecule has 0 saturated carbocycles. The lowest BCUT2D eigenvalue weighted by atomic mass is 10.3. The monoisotopic (exact) mass is 240 g/mol. The van der Waals surface area contributed by atoms with Crippen molar-refractivity contribution in [3.05, 3.63) is 28.0 Å². The first-order chi connectivity index (χ1) is 7.74. The molecular weight excluding hydrogens is 228 g/mol. The summed E-state index contributed by atoms with van der Waals surface area (Å²) in [5.41, 5.74) is 0.899. The van der Waals surface area contributed by atoms with Crippen molar-refractivity contribution in [1.29, 1.82) is 0 Å². The predicted molar refractivity (Wildman–Crippen MR) is 60.4 cm³/mol. The van der Waals surface area contributed by atoms with Gasteiger partial charge in [-0.2, -0.15) is 0 Å². The van der Waals surface area contributed by atoms with E-state index in [1.165, 1.54) is 0 Å². The van der Waals surface area contributed by atoms with Crippen LogP contribution in [0.25, 0.3) is 6.08 Å². The van der Waals surface area contributed by atoms with Crippen LogP contribution in [-0.2, 0) is 20.9 Å². The number of carboxylic acids is 1. The summed E-state index contributed by atoms with van der Waals surface area (Å²) in [4.78, 5) is 11.4. The zero-order valence-corrected chi connectivity index (χ0v) is 9.40. The second kappa shape index (κ2) is 5.25. The van der Waals surface area contributed by atoms with Crippen LogP contribution in [0.15, 0.2) is 17.5 Å². The Morgan fingerprint density at radius 2 is 2.50 bits per heavy atom. The summed E-state index contributed by atoms with van der Waals surface area (Å²) in [6, 6.07) is 1.93. The molecule has 0 bridgehead atoms. The van der Waals surface area contributed by atoms with E-state index in [1.54, 1.807) is 17.4 Å². The molecule has 5 heteroatoms. The number of rotatable bonds is 5. The van der Waals surface area contributed by atoms with E-state index in [9.17, 15) is 4.79 Å². The van der Waals surface area contributed by atoms with Crippen molar-refractivity contribution in [1.82, 2.24) is 0 Å². The maximum Gasteiger partial charge on any atom is 0.328 e. The first-order valence-corrected chi connectivity index (χ1v) is 5.80. The summed E-state index contributed by atoms with van der Waals surface area (Å²) in [7, 11) is 0. The number of carbonyl (C=O) groups is 1. The molecular formula is C11H12O4S. The van der Waals surface area contributed by atoms with Gasteiger partial charge in [0.25, 0.3) is 0 Å². The third kappa shape index (κ3) is 3.16. The van der Waals surface area contributed by atoms with Gasteiger partial charge in [-0.1, -0.05) is 0 Å². The molecule has 2 heterocycles. The molecule has 1 fully saturated rings. The molecule has 0 amide bonds. The topological polar surface area (TPSA) is 55.8 Å². The third-order valence-corrected chi connectivity index (χ3v) is 3.09. The van der Waals surface area contributed by atoms with Gasteiger partial charge in [-0.15, -0.1) is 11.3 Å². The molecule has 1 aliphatic heterocycles. The first kappa shape index (κ1) is 11.3. The Balaban J connectivity index is 1.83. The van der Waals surface area contributed by atoms with Crippen molar-refractivity contribution < 1.29 is 19.4 Å². The minimum atomic E-state index is -0.935. The van der Waals surface area contributed by atoms with Crippen molar-refractivity contribution in [2.24, 2.45) is 0 Å². The molecule has 0 aromatic carbocycles. The standard InChI is InChI=1S/C11H12O4S/c12-11(13)2-1-8-3-10(16-7-8)6-15-9-4-14-5-9/h1-3,7,9H,4-6H2,(H,12,13)/b2-1+. The Hall–Kier alpha value is -1.17. The Labute approximate surface area is 97.1 Å².